The lowest BCUT2D eigenvalue weighted by Crippen LogP contribution is -2.27. The number of nitrogens with one attached hydrogen (secondary N) is 1. The highest BCUT2D eigenvalue weighted by atomic mass is 32.1. The Morgan fingerprint density at radius 3 is 2.86 bits per heavy atom. The molecule has 1 aliphatic rings. The lowest BCUT2D eigenvalue weighted by Gasteiger charge is -2.20. The van der Waals surface area contributed by atoms with Gasteiger partial charge in [-0.3, -0.25) is 9.69 Å². The molecule has 0 unspecified atom stereocenters. The first-order valence-electron chi connectivity index (χ1n) is 9.95. The second-order valence-electron chi connectivity index (χ2n) is 7.16. The van der Waals surface area contributed by atoms with Crippen molar-refractivity contribution in [2.24, 2.45) is 0 Å². The van der Waals surface area contributed by atoms with Crippen molar-refractivity contribution in [2.75, 3.05) is 25.5 Å². The van der Waals surface area contributed by atoms with Crippen LogP contribution in [-0.2, 0) is 24.2 Å². The largest absolute Gasteiger partial charge is 0.494 e. The van der Waals surface area contributed by atoms with Gasteiger partial charge in [0, 0.05) is 24.4 Å². The Morgan fingerprint density at radius 2 is 2.17 bits per heavy atom. The van der Waals surface area contributed by atoms with E-state index in [0.29, 0.717) is 30.1 Å². The van der Waals surface area contributed by atoms with Crippen molar-refractivity contribution in [1.82, 2.24) is 4.90 Å². The smallest absolute Gasteiger partial charge is 0.226 e. The van der Waals surface area contributed by atoms with Crippen LogP contribution in [0.15, 0.2) is 18.2 Å². The van der Waals surface area contributed by atoms with Crippen LogP contribution in [0, 0.1) is 17.1 Å². The second-order valence-corrected chi connectivity index (χ2v) is 8.27. The monoisotopic (exact) mass is 415 g/mol. The summed E-state index contributed by atoms with van der Waals surface area (Å²) >= 11 is 1.54. The molecule has 1 N–H and O–H groups in total. The van der Waals surface area contributed by atoms with E-state index in [1.54, 1.807) is 17.4 Å². The topological polar surface area (TPSA) is 65.4 Å². The van der Waals surface area contributed by atoms with Gasteiger partial charge in [-0.1, -0.05) is 13.0 Å². The van der Waals surface area contributed by atoms with Crippen molar-refractivity contribution in [3.05, 3.63) is 45.6 Å². The molecule has 3 rings (SSSR count). The number of ether oxygens (including phenoxy) is 1. The Morgan fingerprint density at radius 1 is 1.38 bits per heavy atom. The van der Waals surface area contributed by atoms with Crippen molar-refractivity contribution in [3.63, 3.8) is 0 Å². The maximum absolute atomic E-state index is 13.9. The van der Waals surface area contributed by atoms with Gasteiger partial charge in [-0.05, 0) is 55.5 Å². The molecule has 0 atom stereocenters. The molecule has 5 nitrogen and oxygen atoms in total. The van der Waals surface area contributed by atoms with Crippen molar-refractivity contribution in [3.8, 4) is 11.8 Å². The average Bonchev–Trinajstić information content (AvgIpc) is 3.08. The van der Waals surface area contributed by atoms with E-state index < -0.39 is 0 Å². The minimum atomic E-state index is -0.385. The van der Waals surface area contributed by atoms with Gasteiger partial charge in [-0.2, -0.15) is 5.26 Å². The summed E-state index contributed by atoms with van der Waals surface area (Å²) < 4.78 is 18.8. The van der Waals surface area contributed by atoms with E-state index in [4.69, 9.17) is 4.74 Å². The van der Waals surface area contributed by atoms with Crippen molar-refractivity contribution in [1.29, 1.82) is 5.26 Å². The number of rotatable bonds is 8. The molecule has 0 saturated carbocycles. The lowest BCUT2D eigenvalue weighted by molar-refractivity contribution is -0.116. The average molecular weight is 416 g/mol. The number of hydrogen-bond donors (Lipinski definition) is 1. The molecule has 2 aromatic rings. The normalized spacial score (nSPS) is 13.1. The summed E-state index contributed by atoms with van der Waals surface area (Å²) in [4.78, 5) is 15.8. The van der Waals surface area contributed by atoms with E-state index >= 15 is 0 Å². The van der Waals surface area contributed by atoms with Crippen LogP contribution >= 0.6 is 11.3 Å². The van der Waals surface area contributed by atoms with Gasteiger partial charge < -0.3 is 10.1 Å². The summed E-state index contributed by atoms with van der Waals surface area (Å²) in [5, 5.41) is 13.1. The van der Waals surface area contributed by atoms with Crippen LogP contribution in [0.3, 0.4) is 0 Å². The van der Waals surface area contributed by atoms with Gasteiger partial charge in [0.05, 0.1) is 12.7 Å². The number of nitrogens with zero attached hydrogens (tertiary/aromatic N) is 2. The maximum atomic E-state index is 13.9. The number of hydrogen-bond acceptors (Lipinski definition) is 5. The number of fused-ring (bicyclic) bond motifs is 1. The molecule has 29 heavy (non-hydrogen) atoms. The SMILES string of the molecule is CCN(CCC(=O)Nc1sc2c(c1C#N)CCCC2)Cc1ccc(OC)c(F)c1. The van der Waals surface area contributed by atoms with Crippen LogP contribution in [0.1, 0.15) is 47.8 Å². The first-order chi connectivity index (χ1) is 14.0. The van der Waals surface area contributed by atoms with Gasteiger partial charge >= 0.3 is 0 Å². The fourth-order valence-electron chi connectivity index (χ4n) is 3.64. The zero-order chi connectivity index (χ0) is 20.8. The van der Waals surface area contributed by atoms with Gasteiger partial charge in [-0.25, -0.2) is 4.39 Å². The maximum Gasteiger partial charge on any atom is 0.226 e. The lowest BCUT2D eigenvalue weighted by atomic mass is 9.96. The van der Waals surface area contributed by atoms with Crippen molar-refractivity contribution >= 4 is 22.2 Å². The molecular weight excluding hydrogens is 389 g/mol. The number of anilines is 1. The molecule has 0 saturated heterocycles. The predicted molar refractivity (Wildman–Crippen MR) is 113 cm³/mol. The van der Waals surface area contributed by atoms with Gasteiger partial charge in [0.15, 0.2) is 11.6 Å². The Hall–Kier alpha value is -2.43. The van der Waals surface area contributed by atoms with E-state index in [-0.39, 0.29) is 17.5 Å². The molecule has 1 aromatic carbocycles. The summed E-state index contributed by atoms with van der Waals surface area (Å²) in [5.41, 5.74) is 2.60. The predicted octanol–water partition coefficient (Wildman–Crippen LogP) is 4.50. The molecule has 1 aromatic heterocycles. The molecule has 0 aliphatic heterocycles. The summed E-state index contributed by atoms with van der Waals surface area (Å²) in [6.07, 6.45) is 4.48. The summed E-state index contributed by atoms with van der Waals surface area (Å²) in [5.74, 6) is -0.257. The van der Waals surface area contributed by atoms with Crippen LogP contribution in [0.5, 0.6) is 5.75 Å². The molecule has 154 valence electrons. The Balaban J connectivity index is 1.57. The number of methoxy groups -OCH3 is 1. The molecule has 1 amide bonds. The Labute approximate surface area is 175 Å². The first kappa shape index (κ1) is 21.3. The van der Waals surface area contributed by atoms with Gasteiger partial charge in [0.2, 0.25) is 5.91 Å². The zero-order valence-electron chi connectivity index (χ0n) is 16.9. The minimum Gasteiger partial charge on any atom is -0.494 e. The molecule has 1 heterocycles. The number of amides is 1. The van der Waals surface area contributed by atoms with E-state index in [9.17, 15) is 14.4 Å². The Bertz CT molecular complexity index is 920. The Kier molecular flexibility index (Phi) is 7.24. The third-order valence-corrected chi connectivity index (χ3v) is 6.47. The highest BCUT2D eigenvalue weighted by molar-refractivity contribution is 7.16. The fourth-order valence-corrected chi connectivity index (χ4v) is 4.89. The molecule has 0 bridgehead atoms. The third kappa shape index (κ3) is 5.14. The third-order valence-electron chi connectivity index (χ3n) is 5.26. The number of benzene rings is 1. The number of carbonyl (C=O) groups excluding carboxylic acids is 1. The second kappa shape index (κ2) is 9.86. The van der Waals surface area contributed by atoms with Gasteiger partial charge in [0.25, 0.3) is 0 Å². The van der Waals surface area contributed by atoms with Crippen LogP contribution < -0.4 is 10.1 Å². The van der Waals surface area contributed by atoms with Crippen molar-refractivity contribution < 1.29 is 13.9 Å². The number of nitriles is 1. The highest BCUT2D eigenvalue weighted by Gasteiger charge is 2.21. The standard InChI is InChI=1S/C22H26FN3O2S/c1-3-26(14-15-8-9-19(28-2)18(23)12-15)11-10-21(27)25-22-17(13-24)16-6-4-5-7-20(16)29-22/h8-9,12H,3-7,10-11,14H2,1-2H3,(H,25,27). The zero-order valence-corrected chi connectivity index (χ0v) is 17.7. The van der Waals surface area contributed by atoms with Crippen molar-refractivity contribution in [2.45, 2.75) is 45.6 Å². The molecule has 1 aliphatic carbocycles. The van der Waals surface area contributed by atoms with Crippen LogP contribution in [0.25, 0.3) is 0 Å². The molecular formula is C22H26FN3O2S. The minimum absolute atomic E-state index is 0.0977. The quantitative estimate of drug-likeness (QED) is 0.690. The fraction of sp³-hybridized carbons (Fsp3) is 0.455. The van der Waals surface area contributed by atoms with Crippen LogP contribution in [0.2, 0.25) is 0 Å². The molecule has 0 radical (unpaired) electrons. The summed E-state index contributed by atoms with van der Waals surface area (Å²) in [7, 11) is 1.44. The van der Waals surface area contributed by atoms with E-state index in [0.717, 1.165) is 43.4 Å². The molecule has 0 spiro atoms. The van der Waals surface area contributed by atoms with E-state index in [2.05, 4.69) is 16.3 Å². The van der Waals surface area contributed by atoms with Gasteiger partial charge in [0.1, 0.15) is 11.1 Å². The summed E-state index contributed by atoms with van der Waals surface area (Å²) in [6.45, 7) is 3.88. The van der Waals surface area contributed by atoms with E-state index in [1.807, 2.05) is 13.0 Å². The molecule has 7 heteroatoms. The number of carbonyl (C=O) groups is 1. The first-order valence-corrected chi connectivity index (χ1v) is 10.8. The number of aryl methyl sites for hydroxylation is 1. The molecule has 0 fully saturated rings. The number of halogens is 1. The summed E-state index contributed by atoms with van der Waals surface area (Å²) in [6, 6.07) is 7.19. The highest BCUT2D eigenvalue weighted by Crippen LogP contribution is 2.37. The van der Waals surface area contributed by atoms with E-state index in [1.165, 1.54) is 18.1 Å². The van der Waals surface area contributed by atoms with Crippen LogP contribution in [0.4, 0.5) is 9.39 Å². The number of thiophene rings is 1. The van der Waals surface area contributed by atoms with Crippen LogP contribution in [-0.4, -0.2) is 31.0 Å². The van der Waals surface area contributed by atoms with Gasteiger partial charge in [-0.15, -0.1) is 11.3 Å².